The van der Waals surface area contributed by atoms with E-state index in [0.29, 0.717) is 12.4 Å². The highest BCUT2D eigenvalue weighted by molar-refractivity contribution is 5.88. The molecule has 0 fully saturated rings. The fourth-order valence-corrected chi connectivity index (χ4v) is 3.41. The Morgan fingerprint density at radius 2 is 2.15 bits per heavy atom. The summed E-state index contributed by atoms with van der Waals surface area (Å²) in [5.41, 5.74) is 4.94. The van der Waals surface area contributed by atoms with Crippen LogP contribution >= 0.6 is 0 Å². The Labute approximate surface area is 157 Å². The third kappa shape index (κ3) is 3.55. The van der Waals surface area contributed by atoms with Gasteiger partial charge in [-0.1, -0.05) is 6.07 Å². The summed E-state index contributed by atoms with van der Waals surface area (Å²) in [6.07, 6.45) is 6.18. The smallest absolute Gasteiger partial charge is 0.322 e. The zero-order valence-electron chi connectivity index (χ0n) is 15.6. The summed E-state index contributed by atoms with van der Waals surface area (Å²) in [5, 5.41) is 14.9. The second kappa shape index (κ2) is 7.22. The van der Waals surface area contributed by atoms with Crippen LogP contribution < -0.4 is 5.32 Å². The molecular weight excluding hydrogens is 342 g/mol. The molecule has 3 aromatic heterocycles. The summed E-state index contributed by atoms with van der Waals surface area (Å²) in [6.45, 7) is 0.475. The van der Waals surface area contributed by atoms with Crippen LogP contribution in [0.25, 0.3) is 11.4 Å². The number of aryl methyl sites for hydroxylation is 2. The molecule has 3 heterocycles. The lowest BCUT2D eigenvalue weighted by Gasteiger charge is -2.18. The van der Waals surface area contributed by atoms with Crippen molar-refractivity contribution in [2.75, 3.05) is 12.4 Å². The molecule has 0 spiro atoms. The normalized spacial score (nSPS) is 13.3. The van der Waals surface area contributed by atoms with Crippen molar-refractivity contribution in [3.63, 3.8) is 0 Å². The Kier molecular flexibility index (Phi) is 4.62. The van der Waals surface area contributed by atoms with Crippen LogP contribution in [0.15, 0.2) is 30.5 Å². The lowest BCUT2D eigenvalue weighted by molar-refractivity contribution is 0.220. The quantitative estimate of drug-likeness (QED) is 0.744. The van der Waals surface area contributed by atoms with Gasteiger partial charge in [-0.25, -0.2) is 4.79 Å². The zero-order chi connectivity index (χ0) is 18.8. The van der Waals surface area contributed by atoms with Gasteiger partial charge < -0.3 is 4.90 Å². The Hall–Kier alpha value is -3.16. The number of rotatable bonds is 4. The van der Waals surface area contributed by atoms with Crippen molar-refractivity contribution >= 4 is 11.8 Å². The fourth-order valence-electron chi connectivity index (χ4n) is 3.41. The van der Waals surface area contributed by atoms with Gasteiger partial charge in [-0.3, -0.25) is 20.1 Å². The highest BCUT2D eigenvalue weighted by atomic mass is 16.2. The van der Waals surface area contributed by atoms with Crippen LogP contribution in [0.5, 0.6) is 0 Å². The van der Waals surface area contributed by atoms with E-state index in [0.717, 1.165) is 29.9 Å². The number of aromatic nitrogens is 5. The van der Waals surface area contributed by atoms with Crippen LogP contribution in [0.1, 0.15) is 29.8 Å². The lowest BCUT2D eigenvalue weighted by Crippen LogP contribution is -2.32. The van der Waals surface area contributed by atoms with Crippen LogP contribution in [0.2, 0.25) is 0 Å². The molecule has 2 amide bonds. The number of carbonyl (C=O) groups is 1. The first-order chi connectivity index (χ1) is 13.1. The first kappa shape index (κ1) is 17.3. The summed E-state index contributed by atoms with van der Waals surface area (Å²) < 4.78 is 1.65. The number of anilines is 1. The highest BCUT2D eigenvalue weighted by Crippen LogP contribution is 2.23. The molecule has 0 aromatic carbocycles. The molecule has 8 heteroatoms. The molecule has 0 bridgehead atoms. The van der Waals surface area contributed by atoms with Gasteiger partial charge in [-0.05, 0) is 43.4 Å². The molecule has 140 valence electrons. The van der Waals surface area contributed by atoms with Gasteiger partial charge in [0.15, 0.2) is 0 Å². The van der Waals surface area contributed by atoms with Crippen molar-refractivity contribution in [3.05, 3.63) is 47.4 Å². The minimum Gasteiger partial charge on any atom is -0.322 e. The molecule has 0 saturated carbocycles. The van der Waals surface area contributed by atoms with Crippen molar-refractivity contribution in [1.29, 1.82) is 0 Å². The largest absolute Gasteiger partial charge is 0.323 e. The molecule has 0 aliphatic heterocycles. The molecule has 4 rings (SSSR count). The molecule has 0 radical (unpaired) electrons. The average molecular weight is 365 g/mol. The molecular formula is C19H23N7O. The van der Waals surface area contributed by atoms with E-state index in [4.69, 9.17) is 0 Å². The standard InChI is InChI=1S/C19H23N7O/c1-25(12-17-13-7-3-4-8-14(13)22-23-17)19(27)21-18-11-16(24-26(18)2)15-9-5-6-10-20-15/h5-6,9-11H,3-4,7-8,12H2,1-2H3,(H,21,27)(H,22,23). The molecule has 3 aromatic rings. The number of fused-ring (bicyclic) bond motifs is 1. The van der Waals surface area contributed by atoms with Crippen LogP contribution in [0.3, 0.4) is 0 Å². The molecule has 0 atom stereocenters. The number of H-pyrrole nitrogens is 1. The van der Waals surface area contributed by atoms with Crippen molar-refractivity contribution in [2.45, 2.75) is 32.2 Å². The van der Waals surface area contributed by atoms with E-state index in [-0.39, 0.29) is 6.03 Å². The van der Waals surface area contributed by atoms with Crippen LogP contribution in [-0.2, 0) is 26.4 Å². The molecule has 0 saturated heterocycles. The maximum Gasteiger partial charge on any atom is 0.323 e. The number of aromatic amines is 1. The summed E-state index contributed by atoms with van der Waals surface area (Å²) in [7, 11) is 3.57. The lowest BCUT2D eigenvalue weighted by atomic mass is 9.96. The van der Waals surface area contributed by atoms with E-state index in [1.807, 2.05) is 24.3 Å². The predicted molar refractivity (Wildman–Crippen MR) is 102 cm³/mol. The van der Waals surface area contributed by atoms with Gasteiger partial charge in [0.1, 0.15) is 11.5 Å². The fraction of sp³-hybridized carbons (Fsp3) is 0.368. The van der Waals surface area contributed by atoms with Crippen LogP contribution in [-0.4, -0.2) is 42.9 Å². The van der Waals surface area contributed by atoms with E-state index in [9.17, 15) is 4.79 Å². The minimum absolute atomic E-state index is 0.196. The van der Waals surface area contributed by atoms with Gasteiger partial charge in [-0.2, -0.15) is 10.2 Å². The molecule has 8 nitrogen and oxygen atoms in total. The van der Waals surface area contributed by atoms with Crippen molar-refractivity contribution in [2.24, 2.45) is 7.05 Å². The second-order valence-corrected chi connectivity index (χ2v) is 6.87. The first-order valence-corrected chi connectivity index (χ1v) is 9.14. The van der Waals surface area contributed by atoms with Crippen LogP contribution in [0.4, 0.5) is 10.6 Å². The third-order valence-electron chi connectivity index (χ3n) is 4.92. The van der Waals surface area contributed by atoms with Gasteiger partial charge in [0.05, 0.1) is 17.9 Å². The van der Waals surface area contributed by atoms with E-state index in [2.05, 4.69) is 25.6 Å². The second-order valence-electron chi connectivity index (χ2n) is 6.87. The van der Waals surface area contributed by atoms with E-state index < -0.39 is 0 Å². The zero-order valence-corrected chi connectivity index (χ0v) is 15.6. The Morgan fingerprint density at radius 3 is 2.96 bits per heavy atom. The maximum absolute atomic E-state index is 12.6. The van der Waals surface area contributed by atoms with Gasteiger partial charge in [0.25, 0.3) is 0 Å². The molecule has 1 aliphatic carbocycles. The number of nitrogens with zero attached hydrogens (tertiary/aromatic N) is 5. The minimum atomic E-state index is -0.196. The summed E-state index contributed by atoms with van der Waals surface area (Å²) in [5.74, 6) is 0.622. The number of pyridine rings is 1. The molecule has 1 aliphatic rings. The van der Waals surface area contributed by atoms with Gasteiger partial charge in [0.2, 0.25) is 0 Å². The van der Waals surface area contributed by atoms with Crippen molar-refractivity contribution in [3.8, 4) is 11.4 Å². The van der Waals surface area contributed by atoms with Gasteiger partial charge in [-0.15, -0.1) is 0 Å². The number of hydrogen-bond acceptors (Lipinski definition) is 4. The third-order valence-corrected chi connectivity index (χ3v) is 4.92. The number of amides is 2. The molecule has 27 heavy (non-hydrogen) atoms. The van der Waals surface area contributed by atoms with Gasteiger partial charge in [0, 0.05) is 32.1 Å². The topological polar surface area (TPSA) is 91.7 Å². The van der Waals surface area contributed by atoms with E-state index in [1.54, 1.807) is 29.9 Å². The predicted octanol–water partition coefficient (Wildman–Crippen LogP) is 2.75. The number of nitrogens with one attached hydrogen (secondary N) is 2. The number of carbonyl (C=O) groups excluding carboxylic acids is 1. The first-order valence-electron chi connectivity index (χ1n) is 9.14. The number of urea groups is 1. The summed E-state index contributed by atoms with van der Waals surface area (Å²) in [6, 6.07) is 7.29. The Morgan fingerprint density at radius 1 is 1.30 bits per heavy atom. The summed E-state index contributed by atoms with van der Waals surface area (Å²) in [4.78, 5) is 18.6. The van der Waals surface area contributed by atoms with Gasteiger partial charge >= 0.3 is 6.03 Å². The average Bonchev–Trinajstić information content (AvgIpc) is 3.26. The molecule has 2 N–H and O–H groups in total. The SMILES string of the molecule is CN(Cc1n[nH]c2c1CCCC2)C(=O)Nc1cc(-c2ccccn2)nn1C. The molecule has 0 unspecified atom stereocenters. The Bertz CT molecular complexity index is 944. The number of hydrogen-bond donors (Lipinski definition) is 2. The highest BCUT2D eigenvalue weighted by Gasteiger charge is 2.20. The Balaban J connectivity index is 1.44. The van der Waals surface area contributed by atoms with E-state index >= 15 is 0 Å². The van der Waals surface area contributed by atoms with E-state index in [1.165, 1.54) is 24.1 Å². The van der Waals surface area contributed by atoms with Crippen LogP contribution in [0, 0.1) is 0 Å². The monoisotopic (exact) mass is 365 g/mol. The maximum atomic E-state index is 12.6. The van der Waals surface area contributed by atoms with Crippen molar-refractivity contribution in [1.82, 2.24) is 29.9 Å². The summed E-state index contributed by atoms with van der Waals surface area (Å²) >= 11 is 0. The van der Waals surface area contributed by atoms with Crippen molar-refractivity contribution < 1.29 is 4.79 Å².